The minimum atomic E-state index is -3.71. The molecule has 0 spiro atoms. The molecule has 1 aliphatic rings. The number of anilines is 1. The Bertz CT molecular complexity index is 507. The Morgan fingerprint density at radius 3 is 2.78 bits per heavy atom. The number of alkyl halides is 2. The van der Waals surface area contributed by atoms with E-state index in [0.29, 0.717) is 4.57 Å². The number of nitrogens with zero attached hydrogens (tertiary/aromatic N) is 2. The number of rotatable bonds is 2. The molecule has 0 saturated carbocycles. The molecule has 18 heavy (non-hydrogen) atoms. The summed E-state index contributed by atoms with van der Waals surface area (Å²) in [5.74, 6) is -3.83. The molecule has 2 heterocycles. The maximum atomic E-state index is 13.7. The molecule has 7 nitrogen and oxygen atoms in total. The molecule has 1 aliphatic heterocycles. The van der Waals surface area contributed by atoms with Gasteiger partial charge in [-0.3, -0.25) is 4.57 Å². The number of hydrogen-bond donors (Lipinski definition) is 3. The van der Waals surface area contributed by atoms with Gasteiger partial charge in [-0.2, -0.15) is 13.8 Å². The van der Waals surface area contributed by atoms with Crippen LogP contribution in [0, 0.1) is 0 Å². The number of aliphatic hydroxyl groups excluding tert-OH is 2. The summed E-state index contributed by atoms with van der Waals surface area (Å²) in [5.41, 5.74) is 4.21. The van der Waals surface area contributed by atoms with Crippen LogP contribution in [0.25, 0.3) is 0 Å². The molecule has 0 radical (unpaired) electrons. The molecule has 2 rings (SSSR count). The predicted molar refractivity (Wildman–Crippen MR) is 54.9 cm³/mol. The van der Waals surface area contributed by atoms with Crippen LogP contribution in [0.15, 0.2) is 17.1 Å². The van der Waals surface area contributed by atoms with Crippen molar-refractivity contribution in [3.05, 3.63) is 22.7 Å². The Balaban J connectivity index is 2.42. The van der Waals surface area contributed by atoms with Gasteiger partial charge >= 0.3 is 11.6 Å². The summed E-state index contributed by atoms with van der Waals surface area (Å²) in [5, 5.41) is 18.1. The first-order valence-corrected chi connectivity index (χ1v) is 5.04. The average molecular weight is 263 g/mol. The lowest BCUT2D eigenvalue weighted by atomic mass is 10.1. The van der Waals surface area contributed by atoms with E-state index in [1.807, 2.05) is 0 Å². The summed E-state index contributed by atoms with van der Waals surface area (Å²) in [6, 6.07) is 1.15. The Labute approximate surface area is 99.4 Å². The molecular weight excluding hydrogens is 252 g/mol. The van der Waals surface area contributed by atoms with Crippen molar-refractivity contribution in [2.24, 2.45) is 0 Å². The third kappa shape index (κ3) is 1.85. The summed E-state index contributed by atoms with van der Waals surface area (Å²) in [4.78, 5) is 14.7. The predicted octanol–water partition coefficient (Wildman–Crippen LogP) is -1.29. The van der Waals surface area contributed by atoms with Crippen molar-refractivity contribution in [1.29, 1.82) is 0 Å². The number of ether oxygens (including phenoxy) is 1. The SMILES string of the molecule is Nc1ccn([C@@H]2O[C@@H](CO)[C@H](O)C2(F)F)c(=O)n1. The Hall–Kier alpha value is -1.58. The van der Waals surface area contributed by atoms with Crippen LogP contribution in [0.5, 0.6) is 0 Å². The molecule has 1 aromatic heterocycles. The lowest BCUT2D eigenvalue weighted by Gasteiger charge is -2.20. The van der Waals surface area contributed by atoms with Gasteiger partial charge in [-0.15, -0.1) is 0 Å². The summed E-state index contributed by atoms with van der Waals surface area (Å²) in [7, 11) is 0. The zero-order valence-corrected chi connectivity index (χ0v) is 9.03. The number of nitrogens with two attached hydrogens (primary N) is 1. The van der Waals surface area contributed by atoms with Crippen molar-refractivity contribution >= 4 is 5.82 Å². The molecule has 0 bridgehead atoms. The van der Waals surface area contributed by atoms with E-state index in [1.165, 1.54) is 0 Å². The standard InChI is InChI=1S/C9H11F2N3O4/c10-9(11)6(16)4(3-15)18-7(9)14-2-1-5(12)13-8(14)17/h1-2,4,6-7,15-16H,3H2,(H2,12,13,17)/t4-,6-,7+/m0/s1. The average Bonchev–Trinajstić information content (AvgIpc) is 2.52. The highest BCUT2D eigenvalue weighted by molar-refractivity contribution is 5.23. The van der Waals surface area contributed by atoms with E-state index in [9.17, 15) is 18.7 Å². The first kappa shape index (κ1) is 12.9. The zero-order valence-electron chi connectivity index (χ0n) is 9.03. The van der Waals surface area contributed by atoms with Gasteiger partial charge in [0.1, 0.15) is 11.9 Å². The van der Waals surface area contributed by atoms with Crippen LogP contribution < -0.4 is 11.4 Å². The third-order valence-corrected chi connectivity index (χ3v) is 2.66. The van der Waals surface area contributed by atoms with Gasteiger partial charge in [0.2, 0.25) is 6.23 Å². The Morgan fingerprint density at radius 2 is 2.28 bits per heavy atom. The minimum absolute atomic E-state index is 0.114. The molecule has 3 atom stereocenters. The lowest BCUT2D eigenvalue weighted by molar-refractivity contribution is -0.140. The fraction of sp³-hybridized carbons (Fsp3) is 0.556. The quantitative estimate of drug-likeness (QED) is 0.612. The maximum Gasteiger partial charge on any atom is 0.351 e. The molecule has 0 aliphatic carbocycles. The largest absolute Gasteiger partial charge is 0.394 e. The van der Waals surface area contributed by atoms with E-state index < -0.39 is 36.7 Å². The molecule has 100 valence electrons. The zero-order chi connectivity index (χ0) is 13.5. The van der Waals surface area contributed by atoms with Crippen LogP contribution in [0.2, 0.25) is 0 Å². The highest BCUT2D eigenvalue weighted by atomic mass is 19.3. The van der Waals surface area contributed by atoms with Gasteiger partial charge in [0, 0.05) is 6.20 Å². The molecule has 0 unspecified atom stereocenters. The highest BCUT2D eigenvalue weighted by Crippen LogP contribution is 2.41. The second-order valence-corrected chi connectivity index (χ2v) is 3.87. The fourth-order valence-corrected chi connectivity index (χ4v) is 1.72. The number of aliphatic hydroxyl groups is 2. The van der Waals surface area contributed by atoms with Crippen molar-refractivity contribution in [1.82, 2.24) is 9.55 Å². The van der Waals surface area contributed by atoms with Crippen molar-refractivity contribution in [2.45, 2.75) is 24.4 Å². The van der Waals surface area contributed by atoms with Crippen molar-refractivity contribution in [3.63, 3.8) is 0 Å². The second-order valence-electron chi connectivity index (χ2n) is 3.87. The van der Waals surface area contributed by atoms with Crippen LogP contribution in [-0.2, 0) is 4.74 Å². The van der Waals surface area contributed by atoms with Gasteiger partial charge < -0.3 is 20.7 Å². The van der Waals surface area contributed by atoms with Crippen LogP contribution in [0.4, 0.5) is 14.6 Å². The summed E-state index contributed by atoms with van der Waals surface area (Å²) in [6.45, 7) is -0.787. The van der Waals surface area contributed by atoms with Crippen LogP contribution in [0.3, 0.4) is 0 Å². The highest BCUT2D eigenvalue weighted by Gasteiger charge is 2.59. The number of nitrogen functional groups attached to an aromatic ring is 1. The van der Waals surface area contributed by atoms with E-state index in [4.69, 9.17) is 15.6 Å². The van der Waals surface area contributed by atoms with Gasteiger partial charge in [-0.25, -0.2) is 4.79 Å². The molecule has 1 fully saturated rings. The maximum absolute atomic E-state index is 13.7. The number of aromatic nitrogens is 2. The van der Waals surface area contributed by atoms with Crippen LogP contribution in [-0.4, -0.2) is 44.5 Å². The van der Waals surface area contributed by atoms with E-state index >= 15 is 0 Å². The third-order valence-electron chi connectivity index (χ3n) is 2.66. The molecule has 4 N–H and O–H groups in total. The second kappa shape index (κ2) is 4.26. The molecule has 1 aromatic rings. The van der Waals surface area contributed by atoms with E-state index in [2.05, 4.69) is 4.98 Å². The first-order chi connectivity index (χ1) is 8.37. The normalized spacial score (nSPS) is 30.6. The van der Waals surface area contributed by atoms with Gasteiger partial charge in [0.25, 0.3) is 0 Å². The summed E-state index contributed by atoms with van der Waals surface area (Å²) < 4.78 is 32.7. The lowest BCUT2D eigenvalue weighted by Crippen LogP contribution is -2.41. The van der Waals surface area contributed by atoms with Crippen LogP contribution >= 0.6 is 0 Å². The molecule has 0 aromatic carbocycles. The number of hydrogen-bond acceptors (Lipinski definition) is 6. The number of halogens is 2. The van der Waals surface area contributed by atoms with Gasteiger partial charge in [-0.1, -0.05) is 0 Å². The monoisotopic (exact) mass is 263 g/mol. The van der Waals surface area contributed by atoms with Gasteiger partial charge in [-0.05, 0) is 6.07 Å². The Kier molecular flexibility index (Phi) is 3.05. The van der Waals surface area contributed by atoms with Crippen molar-refractivity contribution in [3.8, 4) is 0 Å². The van der Waals surface area contributed by atoms with Crippen LogP contribution in [0.1, 0.15) is 6.23 Å². The minimum Gasteiger partial charge on any atom is -0.394 e. The summed E-state index contributed by atoms with van der Waals surface area (Å²) >= 11 is 0. The first-order valence-electron chi connectivity index (χ1n) is 5.04. The van der Waals surface area contributed by atoms with Crippen molar-refractivity contribution < 1.29 is 23.7 Å². The molecule has 1 saturated heterocycles. The molecule has 0 amide bonds. The van der Waals surface area contributed by atoms with Crippen molar-refractivity contribution in [2.75, 3.05) is 12.3 Å². The van der Waals surface area contributed by atoms with E-state index in [1.54, 1.807) is 0 Å². The smallest absolute Gasteiger partial charge is 0.351 e. The van der Waals surface area contributed by atoms with E-state index in [0.717, 1.165) is 12.3 Å². The molecular formula is C9H11F2N3O4. The van der Waals surface area contributed by atoms with Gasteiger partial charge in [0.05, 0.1) is 6.61 Å². The summed E-state index contributed by atoms with van der Waals surface area (Å²) in [6.07, 6.45) is -4.69. The topological polar surface area (TPSA) is 111 Å². The molecule has 9 heteroatoms. The fourth-order valence-electron chi connectivity index (χ4n) is 1.72. The Morgan fingerprint density at radius 1 is 1.61 bits per heavy atom. The van der Waals surface area contributed by atoms with Gasteiger partial charge in [0.15, 0.2) is 6.10 Å². The van der Waals surface area contributed by atoms with E-state index in [-0.39, 0.29) is 5.82 Å².